The number of benzene rings is 1. The molecule has 0 bridgehead atoms. The van der Waals surface area contributed by atoms with Crippen molar-refractivity contribution in [3.8, 4) is 0 Å². The van der Waals surface area contributed by atoms with E-state index >= 15 is 0 Å². The summed E-state index contributed by atoms with van der Waals surface area (Å²) in [6.45, 7) is 3.12. The maximum atomic E-state index is 13.0. The molecular formula is C27H32N2O5. The van der Waals surface area contributed by atoms with Crippen molar-refractivity contribution < 1.29 is 24.5 Å². The minimum atomic E-state index is -1.49. The van der Waals surface area contributed by atoms with Crippen LogP contribution in [0.15, 0.2) is 58.9 Å². The standard InChI is InChI=1S/C27H32N2O5/c1-2-27(33,14-24(31)32)20-12-18-11-19-15-29-21(25(19)28-26(18)22(30)13-20)9-6-10-23(29)34-16-17-7-4-3-5-8-17/h3-5,7-8,10,13,18-19,21,25,33H,2,6,9,11-12,14-16H2,1H3,(H,31,32). The lowest BCUT2D eigenvalue weighted by atomic mass is 9.71. The first kappa shape index (κ1) is 22.8. The van der Waals surface area contributed by atoms with E-state index in [9.17, 15) is 19.8 Å². The average Bonchev–Trinajstić information content (AvgIpc) is 3.20. The van der Waals surface area contributed by atoms with Crippen LogP contribution >= 0.6 is 0 Å². The predicted molar refractivity (Wildman–Crippen MR) is 127 cm³/mol. The predicted octanol–water partition coefficient (Wildman–Crippen LogP) is 3.48. The van der Waals surface area contributed by atoms with Crippen molar-refractivity contribution in [1.29, 1.82) is 0 Å². The highest BCUT2D eigenvalue weighted by Crippen LogP contribution is 2.45. The van der Waals surface area contributed by atoms with Crippen LogP contribution in [0, 0.1) is 11.8 Å². The van der Waals surface area contributed by atoms with Crippen molar-refractivity contribution in [3.05, 3.63) is 59.5 Å². The monoisotopic (exact) mass is 464 g/mol. The molecule has 5 rings (SSSR count). The van der Waals surface area contributed by atoms with Gasteiger partial charge < -0.3 is 19.8 Å². The van der Waals surface area contributed by atoms with Gasteiger partial charge in [-0.2, -0.15) is 0 Å². The Labute approximate surface area is 199 Å². The summed E-state index contributed by atoms with van der Waals surface area (Å²) in [4.78, 5) is 31.7. The fourth-order valence-electron chi connectivity index (χ4n) is 6.13. The zero-order chi connectivity index (χ0) is 23.9. The molecule has 1 fully saturated rings. The highest BCUT2D eigenvalue weighted by molar-refractivity contribution is 6.45. The van der Waals surface area contributed by atoms with E-state index in [4.69, 9.17) is 9.73 Å². The summed E-state index contributed by atoms with van der Waals surface area (Å²) in [6, 6.07) is 10.4. The first-order valence-electron chi connectivity index (χ1n) is 12.3. The molecule has 5 atom stereocenters. The van der Waals surface area contributed by atoms with Gasteiger partial charge in [0.2, 0.25) is 0 Å². The van der Waals surface area contributed by atoms with Gasteiger partial charge in [0, 0.05) is 18.4 Å². The van der Waals surface area contributed by atoms with Crippen molar-refractivity contribution in [1.82, 2.24) is 4.90 Å². The van der Waals surface area contributed by atoms with Crippen LogP contribution < -0.4 is 0 Å². The number of carboxylic acids is 1. The third kappa shape index (κ3) is 4.17. The molecule has 1 aromatic rings. The Morgan fingerprint density at radius 1 is 1.29 bits per heavy atom. The van der Waals surface area contributed by atoms with E-state index in [2.05, 4.69) is 23.1 Å². The Kier molecular flexibility index (Phi) is 6.06. The summed E-state index contributed by atoms with van der Waals surface area (Å²) in [6.07, 6.45) is 6.70. The number of carbonyl (C=O) groups is 2. The first-order chi connectivity index (χ1) is 16.4. The smallest absolute Gasteiger partial charge is 0.306 e. The Bertz CT molecular complexity index is 1060. The molecule has 0 spiro atoms. The molecule has 180 valence electrons. The molecule has 7 heteroatoms. The molecule has 0 amide bonds. The van der Waals surface area contributed by atoms with Gasteiger partial charge in [-0.1, -0.05) is 37.3 Å². The number of aliphatic imine (C=N–C) groups is 1. The topological polar surface area (TPSA) is 99.4 Å². The van der Waals surface area contributed by atoms with E-state index in [1.807, 2.05) is 18.2 Å². The Morgan fingerprint density at radius 2 is 2.09 bits per heavy atom. The molecule has 2 N–H and O–H groups in total. The second-order valence-corrected chi connectivity index (χ2v) is 10.0. The maximum absolute atomic E-state index is 13.0. The lowest BCUT2D eigenvalue weighted by Gasteiger charge is -2.38. The molecule has 7 nitrogen and oxygen atoms in total. The number of rotatable bonds is 7. The molecule has 3 heterocycles. The number of aliphatic hydroxyl groups is 1. The zero-order valence-corrected chi connectivity index (χ0v) is 19.5. The normalized spacial score (nSPS) is 29.6. The zero-order valence-electron chi connectivity index (χ0n) is 19.5. The van der Waals surface area contributed by atoms with Gasteiger partial charge in [-0.25, -0.2) is 0 Å². The minimum absolute atomic E-state index is 0.0678. The van der Waals surface area contributed by atoms with Crippen LogP contribution in [0.25, 0.3) is 0 Å². The second-order valence-electron chi connectivity index (χ2n) is 10.0. The molecule has 1 aromatic carbocycles. The Hall–Kier alpha value is -2.93. The highest BCUT2D eigenvalue weighted by Gasteiger charge is 2.50. The van der Waals surface area contributed by atoms with Crippen LogP contribution in [0.4, 0.5) is 0 Å². The Balaban J connectivity index is 1.32. The van der Waals surface area contributed by atoms with E-state index < -0.39 is 18.0 Å². The minimum Gasteiger partial charge on any atom is -0.481 e. The van der Waals surface area contributed by atoms with Crippen molar-refractivity contribution in [2.45, 2.75) is 69.7 Å². The number of aliphatic carboxylic acids is 1. The SMILES string of the molecule is CCC(O)(CC(=O)O)C1=CC(=O)C2=NC3C(CC2C1)CN1C(OCc2ccccc2)=CCCC31. The molecule has 1 saturated heterocycles. The van der Waals surface area contributed by atoms with E-state index in [0.29, 0.717) is 30.2 Å². The molecule has 0 radical (unpaired) electrons. The molecule has 34 heavy (non-hydrogen) atoms. The van der Waals surface area contributed by atoms with Crippen molar-refractivity contribution in [2.75, 3.05) is 6.54 Å². The molecule has 0 saturated carbocycles. The molecule has 4 aliphatic rings. The van der Waals surface area contributed by atoms with Crippen LogP contribution in [0.1, 0.15) is 51.0 Å². The van der Waals surface area contributed by atoms with E-state index in [0.717, 1.165) is 37.3 Å². The van der Waals surface area contributed by atoms with Gasteiger partial charge in [-0.05, 0) is 55.4 Å². The van der Waals surface area contributed by atoms with Gasteiger partial charge in [-0.3, -0.25) is 14.6 Å². The number of ketones is 1. The number of hydrogen-bond acceptors (Lipinski definition) is 6. The second kappa shape index (κ2) is 9.02. The first-order valence-corrected chi connectivity index (χ1v) is 12.3. The van der Waals surface area contributed by atoms with Gasteiger partial charge in [0.05, 0.1) is 29.8 Å². The van der Waals surface area contributed by atoms with Crippen LogP contribution in [-0.2, 0) is 20.9 Å². The number of nitrogens with zero attached hydrogens (tertiary/aromatic N) is 2. The average molecular weight is 465 g/mol. The van der Waals surface area contributed by atoms with Crippen LogP contribution in [0.5, 0.6) is 0 Å². The number of allylic oxidation sites excluding steroid dienone is 2. The van der Waals surface area contributed by atoms with Gasteiger partial charge >= 0.3 is 5.97 Å². The van der Waals surface area contributed by atoms with Crippen molar-refractivity contribution in [3.63, 3.8) is 0 Å². The third-order valence-electron chi connectivity index (χ3n) is 7.92. The largest absolute Gasteiger partial charge is 0.481 e. The summed E-state index contributed by atoms with van der Waals surface area (Å²) >= 11 is 0. The summed E-state index contributed by atoms with van der Waals surface area (Å²) in [5.74, 6) is -0.0955. The number of ether oxygens (including phenoxy) is 1. The molecule has 5 unspecified atom stereocenters. The van der Waals surface area contributed by atoms with Crippen molar-refractivity contribution >= 4 is 17.5 Å². The van der Waals surface area contributed by atoms with E-state index in [-0.39, 0.29) is 30.2 Å². The maximum Gasteiger partial charge on any atom is 0.306 e. The van der Waals surface area contributed by atoms with Gasteiger partial charge in [0.1, 0.15) is 6.61 Å². The summed E-state index contributed by atoms with van der Waals surface area (Å²) < 4.78 is 6.21. The number of fused-ring (bicyclic) bond motifs is 4. The molecular weight excluding hydrogens is 432 g/mol. The van der Waals surface area contributed by atoms with Gasteiger partial charge in [-0.15, -0.1) is 0 Å². The fraction of sp³-hybridized carbons (Fsp3) is 0.519. The van der Waals surface area contributed by atoms with Crippen LogP contribution in [0.2, 0.25) is 0 Å². The fourth-order valence-corrected chi connectivity index (χ4v) is 6.13. The van der Waals surface area contributed by atoms with E-state index in [1.54, 1.807) is 6.92 Å². The summed E-state index contributed by atoms with van der Waals surface area (Å²) in [5.41, 5.74) is 0.773. The van der Waals surface area contributed by atoms with Gasteiger partial charge in [0.15, 0.2) is 11.7 Å². The Morgan fingerprint density at radius 3 is 2.82 bits per heavy atom. The lowest BCUT2D eigenvalue weighted by molar-refractivity contribution is -0.141. The quantitative estimate of drug-likeness (QED) is 0.641. The number of carbonyl (C=O) groups excluding carboxylic acids is 1. The van der Waals surface area contributed by atoms with Crippen LogP contribution in [-0.4, -0.2) is 56.8 Å². The summed E-state index contributed by atoms with van der Waals surface area (Å²) in [5, 5.41) is 20.3. The summed E-state index contributed by atoms with van der Waals surface area (Å²) in [7, 11) is 0. The molecule has 0 aromatic heterocycles. The van der Waals surface area contributed by atoms with Gasteiger partial charge in [0.25, 0.3) is 0 Å². The number of hydrogen-bond donors (Lipinski definition) is 2. The van der Waals surface area contributed by atoms with E-state index in [1.165, 1.54) is 6.08 Å². The number of carboxylic acid groups (broad SMARTS) is 1. The highest BCUT2D eigenvalue weighted by atomic mass is 16.5. The van der Waals surface area contributed by atoms with Crippen LogP contribution in [0.3, 0.4) is 0 Å². The third-order valence-corrected chi connectivity index (χ3v) is 7.92. The molecule has 3 aliphatic heterocycles. The molecule has 1 aliphatic carbocycles. The van der Waals surface area contributed by atoms with Crippen molar-refractivity contribution in [2.24, 2.45) is 16.8 Å². The lowest BCUT2D eigenvalue weighted by Crippen LogP contribution is -2.44.